The van der Waals surface area contributed by atoms with Gasteiger partial charge in [-0.25, -0.2) is 9.19 Å². The van der Waals surface area contributed by atoms with Crippen molar-refractivity contribution in [2.75, 3.05) is 59.4 Å². The first kappa shape index (κ1) is 53.7. The Hall–Kier alpha value is -3.43. The van der Waals surface area contributed by atoms with E-state index in [2.05, 4.69) is 34.7 Å². The van der Waals surface area contributed by atoms with Crippen LogP contribution in [0.2, 0.25) is 0 Å². The second-order valence-electron chi connectivity index (χ2n) is 17.0. The van der Waals surface area contributed by atoms with Crippen molar-refractivity contribution >= 4 is 42.2 Å². The summed E-state index contributed by atoms with van der Waals surface area (Å²) in [6, 6.07) is 3.02. The third kappa shape index (κ3) is 27.3. The van der Waals surface area contributed by atoms with Gasteiger partial charge in [0.25, 0.3) is 0 Å². The first-order valence-electron chi connectivity index (χ1n) is 22.9. The molecule has 0 radical (unpaired) electrons. The van der Waals surface area contributed by atoms with Crippen LogP contribution in [-0.2, 0) is 32.7 Å². The number of aromatic nitrogens is 2. The molecular weight excluding hydrogens is 805 g/mol. The number of phosphoric ester groups is 1. The lowest BCUT2D eigenvalue weighted by atomic mass is 10.1. The molecule has 0 amide bonds. The molecule has 16 nitrogen and oxygen atoms in total. The number of benzene rings is 1. The molecule has 0 aliphatic carbocycles. The Kier molecular flexibility index (Phi) is 28.4. The molecule has 2 rings (SSSR count). The lowest BCUT2D eigenvalue weighted by molar-refractivity contribution is -0.870. The predicted molar refractivity (Wildman–Crippen MR) is 238 cm³/mol. The summed E-state index contributed by atoms with van der Waals surface area (Å²) in [5.74, 6) is -0.890. The van der Waals surface area contributed by atoms with E-state index in [-0.39, 0.29) is 37.3 Å². The van der Waals surface area contributed by atoms with E-state index in [9.17, 15) is 29.2 Å². The number of unbranched alkanes of at least 4 members (excludes halogenated alkanes) is 19. The van der Waals surface area contributed by atoms with Crippen LogP contribution in [-0.4, -0.2) is 96.7 Å². The van der Waals surface area contributed by atoms with E-state index in [0.717, 1.165) is 83.5 Å². The van der Waals surface area contributed by atoms with E-state index < -0.39 is 37.4 Å². The number of likely N-dealkylation sites (N-methyl/N-ethyl adjacent to an activating group) is 1. The number of anilines is 1. The number of nitrogens with zero attached hydrogens (tertiary/aromatic N) is 4. The number of rotatable bonds is 39. The van der Waals surface area contributed by atoms with Crippen LogP contribution in [0.3, 0.4) is 0 Å². The molecular formula is C44H77N5O11P+. The van der Waals surface area contributed by atoms with Crippen molar-refractivity contribution in [2.24, 2.45) is 0 Å². The number of nitro benzene ring substituents is 1. The summed E-state index contributed by atoms with van der Waals surface area (Å²) >= 11 is 0. The summed E-state index contributed by atoms with van der Waals surface area (Å²) in [7, 11) is 1.38. The summed E-state index contributed by atoms with van der Waals surface area (Å²) in [5, 5.41) is 21.9. The number of nitrogens with one attached hydrogen (secondary N) is 1. The lowest BCUT2D eigenvalue weighted by Crippen LogP contribution is -2.37. The molecule has 0 spiro atoms. The molecule has 0 bridgehead atoms. The highest BCUT2D eigenvalue weighted by Gasteiger charge is 2.27. The minimum atomic E-state index is -4.42. The van der Waals surface area contributed by atoms with E-state index in [4.69, 9.17) is 23.2 Å². The topological polar surface area (TPSA) is 202 Å². The van der Waals surface area contributed by atoms with Gasteiger partial charge in [0.2, 0.25) is 5.52 Å². The number of allylic oxidation sites excluding steroid dienone is 2. The molecule has 1 aromatic carbocycles. The van der Waals surface area contributed by atoms with Crippen LogP contribution in [0.25, 0.3) is 11.0 Å². The normalized spacial score (nSPS) is 13.4. The summed E-state index contributed by atoms with van der Waals surface area (Å²) < 4.78 is 39.0. The van der Waals surface area contributed by atoms with Gasteiger partial charge in [-0.3, -0.25) is 28.8 Å². The average Bonchev–Trinajstić information content (AvgIpc) is 3.70. The molecule has 348 valence electrons. The second-order valence-corrected chi connectivity index (χ2v) is 18.4. The third-order valence-corrected chi connectivity index (χ3v) is 11.3. The Balaban J connectivity index is 1.60. The summed E-state index contributed by atoms with van der Waals surface area (Å²) in [6.07, 6.45) is 27.9. The van der Waals surface area contributed by atoms with E-state index in [1.54, 1.807) is 6.07 Å². The van der Waals surface area contributed by atoms with Crippen LogP contribution in [0.1, 0.15) is 161 Å². The number of fused-ring (bicyclic) bond motifs is 1. The van der Waals surface area contributed by atoms with E-state index in [1.165, 1.54) is 51.0 Å². The van der Waals surface area contributed by atoms with Gasteiger partial charge in [-0.2, -0.15) is 0 Å². The zero-order valence-corrected chi connectivity index (χ0v) is 38.6. The summed E-state index contributed by atoms with van der Waals surface area (Å²) in [5.41, 5.74) is 0.997. The van der Waals surface area contributed by atoms with Crippen molar-refractivity contribution < 1.29 is 51.6 Å². The quantitative estimate of drug-likeness (QED) is 0.0122. The number of esters is 2. The Morgan fingerprint density at radius 2 is 1.33 bits per heavy atom. The van der Waals surface area contributed by atoms with Gasteiger partial charge < -0.3 is 24.2 Å². The fourth-order valence-corrected chi connectivity index (χ4v) is 7.34. The molecule has 2 N–H and O–H groups in total. The molecule has 61 heavy (non-hydrogen) atoms. The molecule has 17 heteroatoms. The lowest BCUT2D eigenvalue weighted by Gasteiger charge is -2.24. The number of hydrogen-bond donors (Lipinski definition) is 2. The number of hydrogen-bond acceptors (Lipinski definition) is 13. The SMILES string of the molecule is CCCCCCCC/C=C\CCCCCCCC(=O)OCC(COP(=O)(O)OCC[N+](C)(C)C)OC(=O)CCCCCCCCCCCNc1ccc([N+](=O)[O-])c2nonc12. The molecule has 0 saturated heterocycles. The molecule has 2 unspecified atom stereocenters. The van der Waals surface area contributed by atoms with Gasteiger partial charge in [-0.15, -0.1) is 0 Å². The van der Waals surface area contributed by atoms with Crippen LogP contribution in [0, 0.1) is 10.1 Å². The molecule has 0 aliphatic rings. The standard InChI is InChI=1S/C44H76N5O11P/c1-5-6-7-8-9-10-11-12-13-14-15-17-20-23-26-29-41(50)56-36-38(37-58-61(54,55)57-35-34-49(2,3)4)59-42(51)30-27-24-21-18-16-19-22-25-28-33-45-39-31-32-40(48(52)53)44-43(39)46-60-47-44/h12-13,31-32,38H,5-11,14-30,33-37H2,1-4H3,(H-,45,47,54,55)/p+1/b13-12-. The largest absolute Gasteiger partial charge is 0.472 e. The van der Waals surface area contributed by atoms with Crippen LogP contribution in [0.15, 0.2) is 28.9 Å². The van der Waals surface area contributed by atoms with Crippen molar-refractivity contribution in [3.05, 3.63) is 34.4 Å². The van der Waals surface area contributed by atoms with Crippen LogP contribution >= 0.6 is 7.82 Å². The molecule has 0 saturated carbocycles. The van der Waals surface area contributed by atoms with Crippen molar-refractivity contribution in [3.8, 4) is 0 Å². The fourth-order valence-electron chi connectivity index (χ4n) is 6.60. The van der Waals surface area contributed by atoms with Crippen molar-refractivity contribution in [2.45, 2.75) is 167 Å². The number of carbonyl (C=O) groups is 2. The predicted octanol–water partition coefficient (Wildman–Crippen LogP) is 10.8. The van der Waals surface area contributed by atoms with Gasteiger partial charge in [0.15, 0.2) is 11.6 Å². The highest BCUT2D eigenvalue weighted by molar-refractivity contribution is 7.47. The number of phosphoric acid groups is 1. The van der Waals surface area contributed by atoms with Crippen LogP contribution in [0.5, 0.6) is 0 Å². The van der Waals surface area contributed by atoms with Gasteiger partial charge >= 0.3 is 25.4 Å². The van der Waals surface area contributed by atoms with Gasteiger partial charge in [0.1, 0.15) is 19.8 Å². The Bertz CT molecular complexity index is 1580. The molecule has 1 heterocycles. The van der Waals surface area contributed by atoms with Gasteiger partial charge in [-0.1, -0.05) is 115 Å². The minimum Gasteiger partial charge on any atom is -0.462 e. The maximum Gasteiger partial charge on any atom is 0.472 e. The molecule has 1 aromatic heterocycles. The summed E-state index contributed by atoms with van der Waals surface area (Å²) in [4.78, 5) is 46.1. The average molecular weight is 883 g/mol. The maximum atomic E-state index is 12.7. The van der Waals surface area contributed by atoms with Crippen LogP contribution < -0.4 is 5.32 Å². The maximum absolute atomic E-state index is 12.7. The van der Waals surface area contributed by atoms with Crippen LogP contribution in [0.4, 0.5) is 11.4 Å². The molecule has 2 aromatic rings. The Morgan fingerprint density at radius 3 is 1.92 bits per heavy atom. The highest BCUT2D eigenvalue weighted by atomic mass is 31.2. The van der Waals surface area contributed by atoms with E-state index in [1.807, 2.05) is 21.1 Å². The van der Waals surface area contributed by atoms with Gasteiger partial charge in [0, 0.05) is 25.5 Å². The second kappa shape index (κ2) is 32.3. The minimum absolute atomic E-state index is 0.00261. The molecule has 2 atom stereocenters. The first-order valence-corrected chi connectivity index (χ1v) is 24.4. The molecule has 0 fully saturated rings. The van der Waals surface area contributed by atoms with Crippen molar-refractivity contribution in [1.29, 1.82) is 0 Å². The number of nitro groups is 1. The first-order chi connectivity index (χ1) is 29.3. The number of quaternary nitrogens is 1. The smallest absolute Gasteiger partial charge is 0.462 e. The number of ether oxygens (including phenoxy) is 2. The molecule has 0 aliphatic heterocycles. The van der Waals surface area contributed by atoms with Crippen molar-refractivity contribution in [1.82, 2.24) is 10.3 Å². The monoisotopic (exact) mass is 883 g/mol. The zero-order valence-electron chi connectivity index (χ0n) is 37.7. The van der Waals surface area contributed by atoms with E-state index >= 15 is 0 Å². The number of non-ortho nitro benzene ring substituents is 1. The van der Waals surface area contributed by atoms with E-state index in [0.29, 0.717) is 41.6 Å². The zero-order chi connectivity index (χ0) is 44.6. The Labute approximate surface area is 364 Å². The van der Waals surface area contributed by atoms with Gasteiger partial charge in [-0.05, 0) is 61.3 Å². The number of carbonyl (C=O) groups excluding carboxylic acids is 2. The Morgan fingerprint density at radius 1 is 0.787 bits per heavy atom. The highest BCUT2D eigenvalue weighted by Crippen LogP contribution is 2.43. The summed E-state index contributed by atoms with van der Waals surface area (Å²) in [6.45, 7) is 2.71. The fraction of sp³-hybridized carbons (Fsp3) is 0.773. The third-order valence-electron chi connectivity index (χ3n) is 10.3. The van der Waals surface area contributed by atoms with Gasteiger partial charge in [0.05, 0.1) is 38.4 Å². The van der Waals surface area contributed by atoms with Crippen molar-refractivity contribution in [3.63, 3.8) is 0 Å².